The van der Waals surface area contributed by atoms with Crippen LogP contribution in [-0.2, 0) is 14.3 Å². The third-order valence-electron chi connectivity index (χ3n) is 6.07. The van der Waals surface area contributed by atoms with Crippen molar-refractivity contribution in [3.05, 3.63) is 70.8 Å². The van der Waals surface area contributed by atoms with Crippen LogP contribution < -0.4 is 4.74 Å². The van der Waals surface area contributed by atoms with E-state index in [0.717, 1.165) is 19.4 Å². The number of hydrogen-bond donors (Lipinski definition) is 1. The Kier molecular flexibility index (Phi) is 9.25. The van der Waals surface area contributed by atoms with Crippen molar-refractivity contribution in [3.63, 3.8) is 0 Å². The number of aliphatic hydroxyl groups excluding tert-OH is 1. The number of esters is 1. The number of rotatable bonds is 11. The Morgan fingerprint density at radius 3 is 2.42 bits per heavy atom. The van der Waals surface area contributed by atoms with Gasteiger partial charge < -0.3 is 24.4 Å². The molecule has 1 heterocycles. The Hall–Kier alpha value is -3.65. The molecule has 1 unspecified atom stereocenters. The normalized spacial score (nSPS) is 17.0. The number of benzene rings is 2. The second kappa shape index (κ2) is 12.4. The minimum Gasteiger partial charge on any atom is -0.507 e. The van der Waals surface area contributed by atoms with E-state index < -0.39 is 23.7 Å². The Bertz CT molecular complexity index is 1120. The fraction of sp³-hybridized carbons (Fsp3) is 0.393. The van der Waals surface area contributed by atoms with Gasteiger partial charge in [-0.05, 0) is 63.3 Å². The second-order valence-electron chi connectivity index (χ2n) is 8.99. The number of Topliss-reactive ketones (excluding diaryl/α,β-unsaturated/α-hetero) is 1. The largest absolute Gasteiger partial charge is 0.507 e. The molecule has 8 nitrogen and oxygen atoms in total. The minimum absolute atomic E-state index is 0.0152. The molecule has 1 fully saturated rings. The number of likely N-dealkylation sites (tertiary alicyclic amines) is 1. The van der Waals surface area contributed by atoms with Crippen LogP contribution in [0.15, 0.2) is 54.1 Å². The van der Waals surface area contributed by atoms with E-state index in [2.05, 4.69) is 6.92 Å². The fourth-order valence-corrected chi connectivity index (χ4v) is 4.16. The van der Waals surface area contributed by atoms with E-state index in [4.69, 9.17) is 9.47 Å². The summed E-state index contributed by atoms with van der Waals surface area (Å²) in [6, 6.07) is 12.6. The first-order valence-electron chi connectivity index (χ1n) is 12.1. The molecule has 0 radical (unpaired) electrons. The first-order chi connectivity index (χ1) is 17.3. The van der Waals surface area contributed by atoms with Crippen LogP contribution in [0.2, 0.25) is 0 Å². The summed E-state index contributed by atoms with van der Waals surface area (Å²) in [4.78, 5) is 41.7. The molecule has 1 N–H and O–H groups in total. The topological polar surface area (TPSA) is 96.4 Å². The highest BCUT2D eigenvalue weighted by atomic mass is 16.5. The maximum Gasteiger partial charge on any atom is 0.337 e. The predicted molar refractivity (Wildman–Crippen MR) is 137 cm³/mol. The number of ether oxygens (including phenoxy) is 2. The molecule has 1 aliphatic rings. The van der Waals surface area contributed by atoms with Crippen molar-refractivity contribution in [1.82, 2.24) is 9.80 Å². The van der Waals surface area contributed by atoms with Gasteiger partial charge in [0, 0.05) is 12.1 Å². The zero-order valence-electron chi connectivity index (χ0n) is 21.3. The Balaban J connectivity index is 2.04. The predicted octanol–water partition coefficient (Wildman–Crippen LogP) is 4.03. The molecule has 192 valence electrons. The van der Waals surface area contributed by atoms with Crippen molar-refractivity contribution >= 4 is 23.4 Å². The number of methoxy groups -OCH3 is 1. The SMILES string of the molecule is CCCCOc1cccc(/C(O)=C2\C(=O)C(=O)N(CCCN(C)C)C2c2ccc(C(=O)OC)cc2)c1. The molecular formula is C28H34N2O6. The number of ketones is 1. The van der Waals surface area contributed by atoms with Gasteiger partial charge in [-0.1, -0.05) is 37.6 Å². The van der Waals surface area contributed by atoms with Crippen LogP contribution in [-0.4, -0.2) is 73.5 Å². The van der Waals surface area contributed by atoms with Crippen molar-refractivity contribution < 1.29 is 29.0 Å². The smallest absolute Gasteiger partial charge is 0.337 e. The van der Waals surface area contributed by atoms with Gasteiger partial charge in [0.2, 0.25) is 0 Å². The molecule has 1 aliphatic heterocycles. The van der Waals surface area contributed by atoms with Crippen LogP contribution in [0.1, 0.15) is 53.7 Å². The number of nitrogens with zero attached hydrogens (tertiary/aromatic N) is 2. The summed E-state index contributed by atoms with van der Waals surface area (Å²) in [7, 11) is 5.18. The number of unbranched alkanes of at least 4 members (excludes halogenated alkanes) is 1. The van der Waals surface area contributed by atoms with E-state index in [-0.39, 0.29) is 11.3 Å². The number of carbonyl (C=O) groups excluding carboxylic acids is 3. The van der Waals surface area contributed by atoms with Gasteiger partial charge in [0.1, 0.15) is 11.5 Å². The molecule has 1 atom stereocenters. The van der Waals surface area contributed by atoms with Gasteiger partial charge in [0.25, 0.3) is 11.7 Å². The standard InChI is InChI=1S/C28H34N2O6/c1-5-6-17-36-22-10-7-9-21(18-22)25(31)23-24(19-11-13-20(14-12-19)28(34)35-4)30(27(33)26(23)32)16-8-15-29(2)3/h7,9-14,18,24,31H,5-6,8,15-17H2,1-4H3/b25-23+. The van der Waals surface area contributed by atoms with Gasteiger partial charge in [0.15, 0.2) is 0 Å². The highest BCUT2D eigenvalue weighted by Gasteiger charge is 2.45. The van der Waals surface area contributed by atoms with E-state index in [1.165, 1.54) is 12.0 Å². The lowest BCUT2D eigenvalue weighted by molar-refractivity contribution is -0.139. The molecule has 3 rings (SSSR count). The lowest BCUT2D eigenvalue weighted by Gasteiger charge is -2.26. The van der Waals surface area contributed by atoms with Gasteiger partial charge in [-0.25, -0.2) is 4.79 Å². The number of hydrogen-bond acceptors (Lipinski definition) is 7. The molecule has 2 aromatic carbocycles. The monoisotopic (exact) mass is 494 g/mol. The molecule has 0 bridgehead atoms. The van der Waals surface area contributed by atoms with Crippen molar-refractivity contribution in [1.29, 1.82) is 0 Å². The molecule has 0 aromatic heterocycles. The second-order valence-corrected chi connectivity index (χ2v) is 8.99. The maximum atomic E-state index is 13.2. The Morgan fingerprint density at radius 2 is 1.78 bits per heavy atom. The summed E-state index contributed by atoms with van der Waals surface area (Å²) >= 11 is 0. The summed E-state index contributed by atoms with van der Waals surface area (Å²) in [5, 5.41) is 11.3. The van der Waals surface area contributed by atoms with Crippen LogP contribution >= 0.6 is 0 Å². The molecule has 0 aliphatic carbocycles. The van der Waals surface area contributed by atoms with Crippen LogP contribution in [0, 0.1) is 0 Å². The highest BCUT2D eigenvalue weighted by Crippen LogP contribution is 2.40. The van der Waals surface area contributed by atoms with Gasteiger partial charge in [-0.2, -0.15) is 0 Å². The molecule has 36 heavy (non-hydrogen) atoms. The number of amides is 1. The quantitative estimate of drug-likeness (QED) is 0.166. The third kappa shape index (κ3) is 6.12. The lowest BCUT2D eigenvalue weighted by Crippen LogP contribution is -2.32. The number of aliphatic hydroxyl groups is 1. The van der Waals surface area contributed by atoms with E-state index in [1.807, 2.05) is 19.0 Å². The Labute approximate surface area is 212 Å². The van der Waals surface area contributed by atoms with Crippen LogP contribution in [0.3, 0.4) is 0 Å². The summed E-state index contributed by atoms with van der Waals surface area (Å²) < 4.78 is 10.5. The fourth-order valence-electron chi connectivity index (χ4n) is 4.16. The van der Waals surface area contributed by atoms with Crippen molar-refractivity contribution in [2.24, 2.45) is 0 Å². The summed E-state index contributed by atoms with van der Waals surface area (Å²) in [6.07, 6.45) is 2.54. The minimum atomic E-state index is -0.788. The summed E-state index contributed by atoms with van der Waals surface area (Å²) in [5.41, 5.74) is 1.37. The highest BCUT2D eigenvalue weighted by molar-refractivity contribution is 6.46. The van der Waals surface area contributed by atoms with E-state index >= 15 is 0 Å². The first kappa shape index (κ1) is 26.9. The van der Waals surface area contributed by atoms with Gasteiger partial charge in [-0.15, -0.1) is 0 Å². The van der Waals surface area contributed by atoms with Gasteiger partial charge in [-0.3, -0.25) is 9.59 Å². The third-order valence-corrected chi connectivity index (χ3v) is 6.07. The van der Waals surface area contributed by atoms with E-state index in [0.29, 0.717) is 42.0 Å². The molecule has 0 saturated carbocycles. The first-order valence-corrected chi connectivity index (χ1v) is 12.1. The average Bonchev–Trinajstić information content (AvgIpc) is 3.13. The van der Waals surface area contributed by atoms with E-state index in [1.54, 1.807) is 48.5 Å². The van der Waals surface area contributed by atoms with Crippen molar-refractivity contribution in [3.8, 4) is 5.75 Å². The zero-order valence-corrected chi connectivity index (χ0v) is 21.3. The maximum absolute atomic E-state index is 13.2. The van der Waals surface area contributed by atoms with Crippen LogP contribution in [0.25, 0.3) is 5.76 Å². The molecule has 2 aromatic rings. The summed E-state index contributed by atoms with van der Waals surface area (Å²) in [5.74, 6) is -1.57. The zero-order chi connectivity index (χ0) is 26.2. The van der Waals surface area contributed by atoms with Gasteiger partial charge in [0.05, 0.1) is 30.9 Å². The lowest BCUT2D eigenvalue weighted by atomic mass is 9.94. The number of carbonyl (C=O) groups is 3. The molecule has 1 saturated heterocycles. The molecule has 1 amide bonds. The van der Waals surface area contributed by atoms with Crippen molar-refractivity contribution in [2.45, 2.75) is 32.2 Å². The Morgan fingerprint density at radius 1 is 1.06 bits per heavy atom. The molecular weight excluding hydrogens is 460 g/mol. The summed E-state index contributed by atoms with van der Waals surface area (Å²) in [6.45, 7) is 3.68. The average molecular weight is 495 g/mol. The van der Waals surface area contributed by atoms with Crippen LogP contribution in [0.4, 0.5) is 0 Å². The molecule has 0 spiro atoms. The van der Waals surface area contributed by atoms with Crippen LogP contribution in [0.5, 0.6) is 5.75 Å². The molecule has 8 heteroatoms. The van der Waals surface area contributed by atoms with Gasteiger partial charge >= 0.3 is 5.97 Å². The van der Waals surface area contributed by atoms with Crippen molar-refractivity contribution in [2.75, 3.05) is 40.9 Å². The van der Waals surface area contributed by atoms with E-state index in [9.17, 15) is 19.5 Å².